The molecule has 1 aliphatic carbocycles. The van der Waals surface area contributed by atoms with Gasteiger partial charge in [0.2, 0.25) is 11.2 Å². The van der Waals surface area contributed by atoms with Crippen LogP contribution in [0.15, 0.2) is 41.3 Å². The molecule has 2 N–H and O–H groups in total. The molecule has 9 heteroatoms. The third kappa shape index (κ3) is 5.25. The van der Waals surface area contributed by atoms with Gasteiger partial charge in [-0.25, -0.2) is 8.93 Å². The van der Waals surface area contributed by atoms with Crippen LogP contribution in [0.25, 0.3) is 0 Å². The highest BCUT2D eigenvalue weighted by Crippen LogP contribution is 2.34. The minimum absolute atomic E-state index is 0.104. The van der Waals surface area contributed by atoms with Crippen LogP contribution in [0.1, 0.15) is 43.6 Å². The van der Waals surface area contributed by atoms with E-state index >= 15 is 0 Å². The summed E-state index contributed by atoms with van der Waals surface area (Å²) in [6.45, 7) is 0.873. The van der Waals surface area contributed by atoms with Crippen molar-refractivity contribution in [3.05, 3.63) is 63.2 Å². The van der Waals surface area contributed by atoms with E-state index in [2.05, 4.69) is 34.0 Å². The quantitative estimate of drug-likeness (QED) is 0.631. The average molecular weight is 482 g/mol. The Morgan fingerprint density at radius 3 is 2.62 bits per heavy atom. The fourth-order valence-electron chi connectivity index (χ4n) is 4.89. The van der Waals surface area contributed by atoms with E-state index in [1.807, 2.05) is 6.07 Å². The lowest BCUT2D eigenvalue weighted by Gasteiger charge is -2.33. The SMILES string of the molecule is CS(=O)NC1CCN(c2[nH]cc(Cl)c(=O)c2F)C1COC1CCC(c2ccccc2)CC1. The Bertz CT molecular complexity index is 998. The maximum Gasteiger partial charge on any atom is 0.237 e. The van der Waals surface area contributed by atoms with Gasteiger partial charge in [0.1, 0.15) is 10.8 Å². The maximum atomic E-state index is 14.7. The molecular weight excluding hydrogens is 453 g/mol. The highest BCUT2D eigenvalue weighted by Gasteiger charge is 2.38. The van der Waals surface area contributed by atoms with E-state index in [1.165, 1.54) is 11.8 Å². The Balaban J connectivity index is 1.42. The first-order chi connectivity index (χ1) is 15.4. The van der Waals surface area contributed by atoms with Crippen LogP contribution in [0.2, 0.25) is 5.02 Å². The molecule has 4 rings (SSSR count). The van der Waals surface area contributed by atoms with Crippen LogP contribution in [0.4, 0.5) is 10.2 Å². The number of nitrogens with zero attached hydrogens (tertiary/aromatic N) is 1. The Kier molecular flexibility index (Phi) is 7.66. The topological polar surface area (TPSA) is 74.4 Å². The monoisotopic (exact) mass is 481 g/mol. The molecule has 2 aliphatic rings. The summed E-state index contributed by atoms with van der Waals surface area (Å²) in [5, 5.41) is -0.183. The first-order valence-corrected chi connectivity index (χ1v) is 13.0. The number of ether oxygens (including phenoxy) is 1. The number of pyridine rings is 1. The number of anilines is 1. The zero-order valence-electron chi connectivity index (χ0n) is 18.1. The molecule has 1 saturated carbocycles. The van der Waals surface area contributed by atoms with Gasteiger partial charge in [-0.1, -0.05) is 41.9 Å². The van der Waals surface area contributed by atoms with Crippen LogP contribution in [0.3, 0.4) is 0 Å². The summed E-state index contributed by atoms with van der Waals surface area (Å²) in [5.41, 5.74) is 0.555. The Morgan fingerprint density at radius 1 is 1.22 bits per heavy atom. The summed E-state index contributed by atoms with van der Waals surface area (Å²) in [5.74, 6) is -0.236. The molecule has 2 fully saturated rings. The fraction of sp³-hybridized carbons (Fsp3) is 0.522. The van der Waals surface area contributed by atoms with Crippen molar-refractivity contribution in [2.24, 2.45) is 0 Å². The van der Waals surface area contributed by atoms with Gasteiger partial charge in [-0.15, -0.1) is 0 Å². The van der Waals surface area contributed by atoms with Crippen molar-refractivity contribution in [1.82, 2.24) is 9.71 Å². The standard InChI is InChI=1S/C23H29ClFN3O3S/c1-32(30)27-19-11-12-28(23-21(25)22(29)18(24)13-26-23)20(19)14-31-17-9-7-16(8-10-17)15-5-3-2-4-6-15/h2-6,13,16-17,19-20,27H,7-12,14H2,1H3,(H,26,29). The van der Waals surface area contributed by atoms with Gasteiger partial charge in [-0.3, -0.25) is 4.79 Å². The number of H-pyrrole nitrogens is 1. The lowest BCUT2D eigenvalue weighted by atomic mass is 9.83. The number of hydrogen-bond acceptors (Lipinski definition) is 4. The second-order valence-electron chi connectivity index (χ2n) is 8.57. The van der Waals surface area contributed by atoms with Gasteiger partial charge >= 0.3 is 0 Å². The number of hydrogen-bond donors (Lipinski definition) is 2. The molecule has 3 atom stereocenters. The van der Waals surface area contributed by atoms with Gasteiger partial charge in [0.15, 0.2) is 0 Å². The zero-order valence-corrected chi connectivity index (χ0v) is 19.6. The Hall–Kier alpha value is -1.74. The van der Waals surface area contributed by atoms with Crippen molar-refractivity contribution in [1.29, 1.82) is 0 Å². The minimum atomic E-state index is -1.21. The number of halogens is 2. The van der Waals surface area contributed by atoms with Crippen LogP contribution >= 0.6 is 11.6 Å². The van der Waals surface area contributed by atoms with Crippen molar-refractivity contribution in [3.8, 4) is 0 Å². The molecule has 2 heterocycles. The van der Waals surface area contributed by atoms with Gasteiger partial charge in [0, 0.05) is 25.0 Å². The van der Waals surface area contributed by atoms with E-state index in [1.54, 1.807) is 11.2 Å². The molecule has 6 nitrogen and oxygen atoms in total. The molecule has 174 valence electrons. The molecule has 1 saturated heterocycles. The lowest BCUT2D eigenvalue weighted by Crippen LogP contribution is -2.47. The second kappa shape index (κ2) is 10.5. The average Bonchev–Trinajstić information content (AvgIpc) is 3.18. The summed E-state index contributed by atoms with van der Waals surface area (Å²) >= 11 is 5.77. The maximum absolute atomic E-state index is 14.7. The van der Waals surface area contributed by atoms with Crippen molar-refractivity contribution in [2.45, 2.75) is 56.2 Å². The molecule has 1 aromatic carbocycles. The van der Waals surface area contributed by atoms with Crippen LogP contribution < -0.4 is 15.1 Å². The molecule has 0 bridgehead atoms. The van der Waals surface area contributed by atoms with E-state index in [9.17, 15) is 13.4 Å². The third-order valence-electron chi connectivity index (χ3n) is 6.56. The number of benzene rings is 1. The summed E-state index contributed by atoms with van der Waals surface area (Å²) in [7, 11) is -1.21. The van der Waals surface area contributed by atoms with Crippen molar-refractivity contribution >= 4 is 28.4 Å². The van der Waals surface area contributed by atoms with Gasteiger partial charge in [0.25, 0.3) is 0 Å². The van der Waals surface area contributed by atoms with Crippen molar-refractivity contribution in [3.63, 3.8) is 0 Å². The van der Waals surface area contributed by atoms with E-state index in [0.717, 1.165) is 25.7 Å². The molecule has 1 aromatic heterocycles. The van der Waals surface area contributed by atoms with Gasteiger partial charge in [0.05, 0.1) is 29.7 Å². The zero-order chi connectivity index (χ0) is 22.7. The summed E-state index contributed by atoms with van der Waals surface area (Å²) in [6.07, 6.45) is 7.77. The number of aromatic nitrogens is 1. The molecule has 0 amide bonds. The molecule has 0 spiro atoms. The molecular formula is C23H29ClFN3O3S. The van der Waals surface area contributed by atoms with Gasteiger partial charge < -0.3 is 14.6 Å². The summed E-state index contributed by atoms with van der Waals surface area (Å²) in [6, 6.07) is 10.2. The number of rotatable bonds is 7. The number of aromatic amines is 1. The Labute approximate surface area is 195 Å². The van der Waals surface area contributed by atoms with Gasteiger partial charge in [-0.05, 0) is 43.6 Å². The van der Waals surface area contributed by atoms with Crippen LogP contribution in [0.5, 0.6) is 0 Å². The highest BCUT2D eigenvalue weighted by molar-refractivity contribution is 7.82. The second-order valence-corrected chi connectivity index (χ2v) is 10.1. The van der Waals surface area contributed by atoms with Crippen LogP contribution in [0, 0.1) is 5.82 Å². The van der Waals surface area contributed by atoms with Crippen molar-refractivity contribution < 1.29 is 13.3 Å². The smallest absolute Gasteiger partial charge is 0.237 e. The third-order valence-corrected chi connectivity index (χ3v) is 7.47. The molecule has 3 unspecified atom stereocenters. The van der Waals surface area contributed by atoms with Crippen LogP contribution in [-0.2, 0) is 15.7 Å². The van der Waals surface area contributed by atoms with E-state index in [-0.39, 0.29) is 29.0 Å². The van der Waals surface area contributed by atoms with Crippen LogP contribution in [-0.4, -0.2) is 46.8 Å². The Morgan fingerprint density at radius 2 is 1.94 bits per heavy atom. The van der Waals surface area contributed by atoms with Gasteiger partial charge in [-0.2, -0.15) is 4.39 Å². The predicted molar refractivity (Wildman–Crippen MR) is 126 cm³/mol. The minimum Gasteiger partial charge on any atom is -0.376 e. The molecule has 0 radical (unpaired) electrons. The molecule has 2 aromatic rings. The molecule has 32 heavy (non-hydrogen) atoms. The van der Waals surface area contributed by atoms with E-state index in [0.29, 0.717) is 25.5 Å². The first-order valence-electron chi connectivity index (χ1n) is 11.0. The largest absolute Gasteiger partial charge is 0.376 e. The van der Waals surface area contributed by atoms with E-state index in [4.69, 9.17) is 16.3 Å². The first kappa shape index (κ1) is 23.4. The predicted octanol–water partition coefficient (Wildman–Crippen LogP) is 3.74. The molecule has 1 aliphatic heterocycles. The highest BCUT2D eigenvalue weighted by atomic mass is 35.5. The summed E-state index contributed by atoms with van der Waals surface area (Å²) < 4.78 is 35.9. The number of nitrogens with one attached hydrogen (secondary N) is 2. The fourth-order valence-corrected chi connectivity index (χ4v) is 5.73. The summed E-state index contributed by atoms with van der Waals surface area (Å²) in [4.78, 5) is 16.6. The lowest BCUT2D eigenvalue weighted by molar-refractivity contribution is 0.0156. The van der Waals surface area contributed by atoms with E-state index < -0.39 is 22.2 Å². The normalized spacial score (nSPS) is 26.9. The van der Waals surface area contributed by atoms with Crippen molar-refractivity contribution in [2.75, 3.05) is 24.3 Å².